The molecule has 3 rings (SSSR count). The van der Waals surface area contributed by atoms with Gasteiger partial charge in [-0.2, -0.15) is 17.5 Å². The highest BCUT2D eigenvalue weighted by atomic mass is 35.5. The van der Waals surface area contributed by atoms with Crippen molar-refractivity contribution in [1.82, 2.24) is 4.31 Å². The van der Waals surface area contributed by atoms with Crippen molar-refractivity contribution in [3.05, 3.63) is 94.5 Å². The van der Waals surface area contributed by atoms with E-state index in [0.29, 0.717) is 12.5 Å². The fourth-order valence-corrected chi connectivity index (χ4v) is 4.82. The molecular weight excluding hydrogens is 489 g/mol. The average molecular weight is 511 g/mol. The third-order valence-electron chi connectivity index (χ3n) is 5.03. The predicted octanol–water partition coefficient (Wildman–Crippen LogP) is 5.54. The summed E-state index contributed by atoms with van der Waals surface area (Å²) >= 11 is 5.68. The molecule has 1 amide bonds. The van der Waals surface area contributed by atoms with Crippen LogP contribution in [0, 0.1) is 6.92 Å². The molecule has 0 aliphatic carbocycles. The van der Waals surface area contributed by atoms with E-state index in [2.05, 4.69) is 5.32 Å². The molecule has 0 unspecified atom stereocenters. The van der Waals surface area contributed by atoms with Gasteiger partial charge in [0.15, 0.2) is 0 Å². The number of halogens is 4. The number of sulfonamides is 1. The third kappa shape index (κ3) is 6.59. The number of hydrogen-bond donors (Lipinski definition) is 1. The van der Waals surface area contributed by atoms with Crippen LogP contribution in [0.15, 0.2) is 77.7 Å². The van der Waals surface area contributed by atoms with Crippen molar-refractivity contribution in [2.75, 3.05) is 18.4 Å². The fourth-order valence-electron chi connectivity index (χ4n) is 3.25. The molecule has 5 nitrogen and oxygen atoms in total. The topological polar surface area (TPSA) is 66.5 Å². The van der Waals surface area contributed by atoms with Gasteiger partial charge >= 0.3 is 6.18 Å². The van der Waals surface area contributed by atoms with Crippen LogP contribution in [0.3, 0.4) is 0 Å². The summed E-state index contributed by atoms with van der Waals surface area (Å²) in [5.74, 6) is -0.906. The van der Waals surface area contributed by atoms with Crippen LogP contribution in [-0.4, -0.2) is 31.7 Å². The van der Waals surface area contributed by atoms with E-state index in [4.69, 9.17) is 11.6 Å². The number of anilines is 1. The van der Waals surface area contributed by atoms with E-state index >= 15 is 0 Å². The van der Waals surface area contributed by atoms with Gasteiger partial charge in [-0.05, 0) is 49.2 Å². The third-order valence-corrected chi connectivity index (χ3v) is 7.13. The largest absolute Gasteiger partial charge is 0.418 e. The molecule has 3 aromatic rings. The normalized spacial score (nSPS) is 12.1. The first-order chi connectivity index (χ1) is 16.0. The quantitative estimate of drug-likeness (QED) is 0.433. The summed E-state index contributed by atoms with van der Waals surface area (Å²) in [5, 5.41) is 2.04. The fraction of sp³-hybridized carbons (Fsp3) is 0.208. The van der Waals surface area contributed by atoms with Crippen LogP contribution in [0.4, 0.5) is 18.9 Å². The van der Waals surface area contributed by atoms with Gasteiger partial charge in [0.1, 0.15) is 0 Å². The van der Waals surface area contributed by atoms with Gasteiger partial charge in [0, 0.05) is 11.6 Å². The van der Waals surface area contributed by atoms with Crippen molar-refractivity contribution in [3.8, 4) is 0 Å². The molecule has 0 aliphatic heterocycles. The smallest absolute Gasteiger partial charge is 0.324 e. The highest BCUT2D eigenvalue weighted by Crippen LogP contribution is 2.36. The molecule has 10 heteroatoms. The van der Waals surface area contributed by atoms with Crippen molar-refractivity contribution < 1.29 is 26.4 Å². The highest BCUT2D eigenvalue weighted by Gasteiger charge is 2.35. The zero-order valence-corrected chi connectivity index (χ0v) is 19.7. The van der Waals surface area contributed by atoms with Crippen LogP contribution in [0.2, 0.25) is 5.02 Å². The molecule has 0 spiro atoms. The van der Waals surface area contributed by atoms with E-state index < -0.39 is 39.9 Å². The Morgan fingerprint density at radius 3 is 2.26 bits per heavy atom. The van der Waals surface area contributed by atoms with Crippen LogP contribution in [-0.2, 0) is 27.4 Å². The molecule has 0 fully saturated rings. The number of alkyl halides is 3. The molecule has 0 aromatic heterocycles. The number of aryl methyl sites for hydroxylation is 1. The Balaban J connectivity index is 1.86. The van der Waals surface area contributed by atoms with Crippen molar-refractivity contribution in [3.63, 3.8) is 0 Å². The summed E-state index contributed by atoms with van der Waals surface area (Å²) in [6, 6.07) is 18.1. The molecule has 0 atom stereocenters. The van der Waals surface area contributed by atoms with Crippen LogP contribution in [0.5, 0.6) is 0 Å². The maximum Gasteiger partial charge on any atom is 0.418 e. The molecule has 180 valence electrons. The Morgan fingerprint density at radius 2 is 1.65 bits per heavy atom. The molecule has 0 radical (unpaired) electrons. The molecule has 0 aliphatic rings. The summed E-state index contributed by atoms with van der Waals surface area (Å²) in [7, 11) is -4.09. The molecule has 3 aromatic carbocycles. The molecule has 0 heterocycles. The Morgan fingerprint density at radius 1 is 1.00 bits per heavy atom. The van der Waals surface area contributed by atoms with Crippen molar-refractivity contribution in [2.24, 2.45) is 0 Å². The highest BCUT2D eigenvalue weighted by molar-refractivity contribution is 7.89. The zero-order chi connectivity index (χ0) is 24.9. The Bertz CT molecular complexity index is 1250. The summed E-state index contributed by atoms with van der Waals surface area (Å²) < 4.78 is 67.6. The molecule has 1 N–H and O–H groups in total. The number of carbonyl (C=O) groups excluding carboxylic acids is 1. The molecular formula is C24H22ClF3N2O3S. The van der Waals surface area contributed by atoms with E-state index in [1.165, 1.54) is 18.2 Å². The summed E-state index contributed by atoms with van der Waals surface area (Å²) in [5.41, 5.74) is 0.0854. The number of hydrogen-bond acceptors (Lipinski definition) is 3. The van der Waals surface area contributed by atoms with Gasteiger partial charge in [-0.1, -0.05) is 59.6 Å². The van der Waals surface area contributed by atoms with E-state index in [-0.39, 0.29) is 16.5 Å². The van der Waals surface area contributed by atoms with E-state index in [0.717, 1.165) is 21.5 Å². The molecule has 0 saturated carbocycles. The Hall–Kier alpha value is -2.88. The average Bonchev–Trinajstić information content (AvgIpc) is 2.78. The SMILES string of the molecule is Cc1ccc(S(=O)(=O)N(CCc2ccccc2)CC(=O)Nc2ccc(Cl)cc2C(F)(F)F)cc1. The van der Waals surface area contributed by atoms with E-state index in [1.807, 2.05) is 18.2 Å². The summed E-state index contributed by atoms with van der Waals surface area (Å²) in [4.78, 5) is 12.7. The number of amides is 1. The maximum absolute atomic E-state index is 13.4. The molecule has 34 heavy (non-hydrogen) atoms. The minimum absolute atomic E-state index is 0.0126. The lowest BCUT2D eigenvalue weighted by molar-refractivity contribution is -0.137. The number of nitrogens with zero attached hydrogens (tertiary/aromatic N) is 1. The lowest BCUT2D eigenvalue weighted by Gasteiger charge is -2.22. The predicted molar refractivity (Wildman–Crippen MR) is 125 cm³/mol. The minimum atomic E-state index is -4.76. The van der Waals surface area contributed by atoms with Gasteiger partial charge in [-0.15, -0.1) is 0 Å². The van der Waals surface area contributed by atoms with Crippen LogP contribution < -0.4 is 5.32 Å². The number of nitrogens with one attached hydrogen (secondary N) is 1. The van der Waals surface area contributed by atoms with Crippen molar-refractivity contribution >= 4 is 33.2 Å². The van der Waals surface area contributed by atoms with Gasteiger partial charge in [-0.3, -0.25) is 4.79 Å². The van der Waals surface area contributed by atoms with E-state index in [1.54, 1.807) is 31.2 Å². The second-order valence-corrected chi connectivity index (χ2v) is 10.00. The van der Waals surface area contributed by atoms with Crippen molar-refractivity contribution in [1.29, 1.82) is 0 Å². The zero-order valence-electron chi connectivity index (χ0n) is 18.1. The van der Waals surface area contributed by atoms with Gasteiger partial charge in [0.05, 0.1) is 22.7 Å². The first-order valence-electron chi connectivity index (χ1n) is 10.2. The summed E-state index contributed by atoms with van der Waals surface area (Å²) in [6.45, 7) is 1.10. The van der Waals surface area contributed by atoms with E-state index in [9.17, 15) is 26.4 Å². The standard InChI is InChI=1S/C24H22ClF3N2O3S/c1-17-7-10-20(11-8-17)34(32,33)30(14-13-18-5-3-2-4-6-18)16-23(31)29-22-12-9-19(25)15-21(22)24(26,27)28/h2-12,15H,13-14,16H2,1H3,(H,29,31). The lowest BCUT2D eigenvalue weighted by atomic mass is 10.1. The summed E-state index contributed by atoms with van der Waals surface area (Å²) in [6.07, 6.45) is -4.44. The number of carbonyl (C=O) groups is 1. The first-order valence-corrected chi connectivity index (χ1v) is 12.1. The minimum Gasteiger partial charge on any atom is -0.324 e. The lowest BCUT2D eigenvalue weighted by Crippen LogP contribution is -2.39. The number of rotatable bonds is 8. The maximum atomic E-state index is 13.4. The van der Waals surface area contributed by atoms with Crippen LogP contribution in [0.1, 0.15) is 16.7 Å². The first kappa shape index (κ1) is 25.7. The second-order valence-electron chi connectivity index (χ2n) is 7.62. The van der Waals surface area contributed by atoms with Gasteiger partial charge in [-0.25, -0.2) is 8.42 Å². The monoisotopic (exact) mass is 510 g/mol. The van der Waals surface area contributed by atoms with Gasteiger partial charge < -0.3 is 5.32 Å². The van der Waals surface area contributed by atoms with Gasteiger partial charge in [0.2, 0.25) is 15.9 Å². The Kier molecular flexibility index (Phi) is 8.01. The second kappa shape index (κ2) is 10.6. The van der Waals surface area contributed by atoms with Crippen LogP contribution >= 0.6 is 11.6 Å². The molecule has 0 bridgehead atoms. The van der Waals surface area contributed by atoms with Crippen LogP contribution in [0.25, 0.3) is 0 Å². The number of benzene rings is 3. The Labute approximate surface area is 201 Å². The van der Waals surface area contributed by atoms with Crippen molar-refractivity contribution in [2.45, 2.75) is 24.4 Å². The van der Waals surface area contributed by atoms with Gasteiger partial charge in [0.25, 0.3) is 0 Å². The molecule has 0 saturated heterocycles.